The van der Waals surface area contributed by atoms with E-state index < -0.39 is 0 Å². The third-order valence-corrected chi connectivity index (χ3v) is 5.50. The van der Waals surface area contributed by atoms with Crippen LogP contribution < -0.4 is 0 Å². The first-order valence-electron chi connectivity index (χ1n) is 11.1. The lowest BCUT2D eigenvalue weighted by molar-refractivity contribution is 0.636. The smallest absolute Gasteiger partial charge is 0.146 e. The van der Waals surface area contributed by atoms with E-state index in [1.165, 1.54) is 11.1 Å². The minimum Gasteiger partial charge on any atom is -0.205 e. The number of halogens is 1. The van der Waals surface area contributed by atoms with Crippen LogP contribution in [0.25, 0.3) is 10.8 Å². The average molecular weight is 417 g/mol. The van der Waals surface area contributed by atoms with Crippen molar-refractivity contribution in [1.29, 1.82) is 0 Å². The average Bonchev–Trinajstić information content (AvgIpc) is 2.83. The van der Waals surface area contributed by atoms with E-state index >= 15 is 0 Å². The maximum absolute atomic E-state index is 14.9. The standard InChI is InChI=1S/C31H25F/c1-3-5-27-17-21-30-29(22-27)20-19-28(31(30)32)18-16-26-14-12-25(13-15-26)11-10-24-8-6-23(4-2)7-9-24/h6-9,12-15,17,19-22H,3-5H2,1-2H3. The van der Waals surface area contributed by atoms with Gasteiger partial charge in [-0.3, -0.25) is 0 Å². The van der Waals surface area contributed by atoms with Crippen LogP contribution >= 0.6 is 0 Å². The van der Waals surface area contributed by atoms with Crippen molar-refractivity contribution < 1.29 is 4.39 Å². The summed E-state index contributed by atoms with van der Waals surface area (Å²) in [6.45, 7) is 4.29. The highest BCUT2D eigenvalue weighted by molar-refractivity contribution is 5.85. The molecule has 4 aromatic carbocycles. The normalized spacial score (nSPS) is 10.2. The van der Waals surface area contributed by atoms with Crippen molar-refractivity contribution in [3.8, 4) is 23.7 Å². The van der Waals surface area contributed by atoms with Gasteiger partial charge >= 0.3 is 0 Å². The van der Waals surface area contributed by atoms with Crippen LogP contribution in [0.1, 0.15) is 53.6 Å². The molecule has 4 rings (SSSR count). The molecule has 0 nitrogen and oxygen atoms in total. The molecule has 1 heteroatoms. The fourth-order valence-corrected chi connectivity index (χ4v) is 3.63. The Morgan fingerprint density at radius 3 is 1.78 bits per heavy atom. The van der Waals surface area contributed by atoms with Crippen LogP contribution in [0, 0.1) is 29.5 Å². The lowest BCUT2D eigenvalue weighted by Crippen LogP contribution is -1.89. The van der Waals surface area contributed by atoms with Gasteiger partial charge in [-0.25, -0.2) is 4.39 Å². The fraction of sp³-hybridized carbons (Fsp3) is 0.161. The molecular formula is C31H25F. The van der Waals surface area contributed by atoms with Crippen LogP contribution in [-0.2, 0) is 12.8 Å². The molecular weight excluding hydrogens is 391 g/mol. The first-order valence-corrected chi connectivity index (χ1v) is 11.1. The van der Waals surface area contributed by atoms with Crippen molar-refractivity contribution in [2.24, 2.45) is 0 Å². The molecule has 0 amide bonds. The Bertz CT molecular complexity index is 1350. The maximum atomic E-state index is 14.9. The van der Waals surface area contributed by atoms with E-state index in [4.69, 9.17) is 0 Å². The molecule has 0 fully saturated rings. The third-order valence-electron chi connectivity index (χ3n) is 5.50. The van der Waals surface area contributed by atoms with Crippen LogP contribution in [0.4, 0.5) is 4.39 Å². The molecule has 0 aliphatic rings. The Labute approximate surface area is 190 Å². The summed E-state index contributed by atoms with van der Waals surface area (Å²) in [5, 5.41) is 1.54. The molecule has 0 aliphatic heterocycles. The molecule has 0 aliphatic carbocycles. The molecule has 4 aromatic rings. The largest absolute Gasteiger partial charge is 0.205 e. The second kappa shape index (κ2) is 10.00. The summed E-state index contributed by atoms with van der Waals surface area (Å²) < 4.78 is 14.9. The molecule has 0 heterocycles. The Morgan fingerprint density at radius 2 is 1.19 bits per heavy atom. The predicted octanol–water partition coefficient (Wildman–Crippen LogP) is 7.29. The zero-order chi connectivity index (χ0) is 22.3. The zero-order valence-electron chi connectivity index (χ0n) is 18.5. The molecule has 0 N–H and O–H groups in total. The van der Waals surface area contributed by atoms with E-state index in [0.717, 1.165) is 41.3 Å². The lowest BCUT2D eigenvalue weighted by Gasteiger charge is -2.05. The van der Waals surface area contributed by atoms with Gasteiger partial charge in [0, 0.05) is 22.1 Å². The minimum atomic E-state index is -0.255. The van der Waals surface area contributed by atoms with Gasteiger partial charge in [-0.2, -0.15) is 0 Å². The number of aryl methyl sites for hydroxylation is 2. The minimum absolute atomic E-state index is 0.255. The van der Waals surface area contributed by atoms with Crippen LogP contribution in [0.15, 0.2) is 78.9 Å². The highest BCUT2D eigenvalue weighted by Gasteiger charge is 2.06. The molecule has 0 unspecified atom stereocenters. The summed E-state index contributed by atoms with van der Waals surface area (Å²) in [7, 11) is 0. The van der Waals surface area contributed by atoms with Crippen molar-refractivity contribution >= 4 is 10.8 Å². The number of benzene rings is 4. The number of rotatable bonds is 3. The van der Waals surface area contributed by atoms with Crippen molar-refractivity contribution in [1.82, 2.24) is 0 Å². The van der Waals surface area contributed by atoms with E-state index in [-0.39, 0.29) is 5.82 Å². The van der Waals surface area contributed by atoms with Crippen LogP contribution in [0.3, 0.4) is 0 Å². The first kappa shape index (κ1) is 21.4. The molecule has 156 valence electrons. The van der Waals surface area contributed by atoms with Gasteiger partial charge in [0.15, 0.2) is 0 Å². The van der Waals surface area contributed by atoms with E-state index in [0.29, 0.717) is 10.9 Å². The van der Waals surface area contributed by atoms with Crippen LogP contribution in [0.5, 0.6) is 0 Å². The predicted molar refractivity (Wildman–Crippen MR) is 132 cm³/mol. The Balaban J connectivity index is 1.51. The van der Waals surface area contributed by atoms with E-state index in [9.17, 15) is 4.39 Å². The SMILES string of the molecule is CCCc1ccc2c(F)c(C#Cc3ccc(C#Cc4ccc(CC)cc4)cc3)ccc2c1. The highest BCUT2D eigenvalue weighted by atomic mass is 19.1. The number of hydrogen-bond acceptors (Lipinski definition) is 0. The van der Waals surface area contributed by atoms with Gasteiger partial charge in [-0.15, -0.1) is 0 Å². The molecule has 0 saturated heterocycles. The van der Waals surface area contributed by atoms with Gasteiger partial charge in [0.2, 0.25) is 0 Å². The lowest BCUT2D eigenvalue weighted by atomic mass is 10.0. The molecule has 0 spiro atoms. The third kappa shape index (κ3) is 5.08. The fourth-order valence-electron chi connectivity index (χ4n) is 3.63. The topological polar surface area (TPSA) is 0 Å². The van der Waals surface area contributed by atoms with Gasteiger partial charge in [0.05, 0.1) is 5.56 Å². The maximum Gasteiger partial charge on any atom is 0.146 e. The molecule has 32 heavy (non-hydrogen) atoms. The summed E-state index contributed by atoms with van der Waals surface area (Å²) in [6.07, 6.45) is 3.11. The van der Waals surface area contributed by atoms with Gasteiger partial charge < -0.3 is 0 Å². The van der Waals surface area contributed by atoms with E-state index in [2.05, 4.69) is 55.7 Å². The summed E-state index contributed by atoms with van der Waals surface area (Å²) in [5.41, 5.74) is 5.72. The Morgan fingerprint density at radius 1 is 0.625 bits per heavy atom. The zero-order valence-corrected chi connectivity index (χ0v) is 18.5. The van der Waals surface area contributed by atoms with Crippen molar-refractivity contribution in [2.45, 2.75) is 33.1 Å². The van der Waals surface area contributed by atoms with Gasteiger partial charge in [0.1, 0.15) is 5.82 Å². The first-order chi connectivity index (χ1) is 15.7. The number of fused-ring (bicyclic) bond motifs is 1. The summed E-state index contributed by atoms with van der Waals surface area (Å²) in [4.78, 5) is 0. The molecule has 0 aromatic heterocycles. The molecule has 0 radical (unpaired) electrons. The highest BCUT2D eigenvalue weighted by Crippen LogP contribution is 2.23. The second-order valence-electron chi connectivity index (χ2n) is 7.86. The van der Waals surface area contributed by atoms with E-state index in [1.807, 2.05) is 54.6 Å². The van der Waals surface area contributed by atoms with E-state index in [1.54, 1.807) is 6.07 Å². The summed E-state index contributed by atoms with van der Waals surface area (Å²) >= 11 is 0. The van der Waals surface area contributed by atoms with Crippen molar-refractivity contribution in [3.63, 3.8) is 0 Å². The van der Waals surface area contributed by atoms with Crippen molar-refractivity contribution in [2.75, 3.05) is 0 Å². The monoisotopic (exact) mass is 416 g/mol. The Hall–Kier alpha value is -3.81. The second-order valence-corrected chi connectivity index (χ2v) is 7.86. The molecule has 0 saturated carbocycles. The van der Waals surface area contributed by atoms with Gasteiger partial charge in [0.25, 0.3) is 0 Å². The van der Waals surface area contributed by atoms with Crippen LogP contribution in [0.2, 0.25) is 0 Å². The molecule has 0 atom stereocenters. The Kier molecular flexibility index (Phi) is 6.69. The van der Waals surface area contributed by atoms with Gasteiger partial charge in [-0.05, 0) is 71.8 Å². The molecule has 0 bridgehead atoms. The van der Waals surface area contributed by atoms with Gasteiger partial charge in [-0.1, -0.05) is 80.3 Å². The summed E-state index contributed by atoms with van der Waals surface area (Å²) in [6, 6.07) is 25.7. The van der Waals surface area contributed by atoms with Crippen LogP contribution in [-0.4, -0.2) is 0 Å². The summed E-state index contributed by atoms with van der Waals surface area (Å²) in [5.74, 6) is 12.2. The quantitative estimate of drug-likeness (QED) is 0.308. The number of hydrogen-bond donors (Lipinski definition) is 0. The van der Waals surface area contributed by atoms with Crippen molar-refractivity contribution in [3.05, 3.63) is 118 Å².